The van der Waals surface area contributed by atoms with E-state index in [1.807, 2.05) is 19.1 Å². The molecule has 2 aliphatic rings. The molecule has 1 aliphatic carbocycles. The number of rotatable bonds is 9. The van der Waals surface area contributed by atoms with Crippen LogP contribution in [0.1, 0.15) is 71.3 Å². The molecule has 0 radical (unpaired) electrons. The van der Waals surface area contributed by atoms with E-state index in [2.05, 4.69) is 35.4 Å². The van der Waals surface area contributed by atoms with Gasteiger partial charge in [-0.25, -0.2) is 0 Å². The van der Waals surface area contributed by atoms with Crippen LogP contribution in [-0.2, 0) is 15.0 Å². The molecule has 0 spiro atoms. The van der Waals surface area contributed by atoms with E-state index in [0.717, 1.165) is 45.3 Å². The highest BCUT2D eigenvalue weighted by atomic mass is 16.3. The Morgan fingerprint density at radius 1 is 1.21 bits per heavy atom. The second kappa shape index (κ2) is 11.9. The number of likely N-dealkylation sites (tertiary alicyclic amines) is 1. The van der Waals surface area contributed by atoms with Gasteiger partial charge < -0.3 is 20.6 Å². The standard InChI is InChI=1S/C27H43N3O3/c1-4-28-25(32)18-29-26(33)24(21-9-6-5-7-10-21)13-15-30-16-14-27(3,20(2)19-30)22-11-8-12-23(31)17-22/h8,11-12,17,20-21,24,31H,4-7,9-10,13-16,18-19H2,1-3H3,(H,28,32)(H,29,33). The van der Waals surface area contributed by atoms with Gasteiger partial charge in [0.05, 0.1) is 6.54 Å². The molecule has 3 unspecified atom stereocenters. The van der Waals surface area contributed by atoms with Crippen LogP contribution in [0.3, 0.4) is 0 Å². The highest BCUT2D eigenvalue weighted by Crippen LogP contribution is 2.40. The van der Waals surface area contributed by atoms with Crippen molar-refractivity contribution in [3.63, 3.8) is 0 Å². The van der Waals surface area contributed by atoms with Gasteiger partial charge in [0, 0.05) is 19.0 Å². The Bertz CT molecular complexity index is 793. The molecule has 33 heavy (non-hydrogen) atoms. The molecule has 3 rings (SSSR count). The van der Waals surface area contributed by atoms with Gasteiger partial charge in [0.25, 0.3) is 0 Å². The van der Waals surface area contributed by atoms with Gasteiger partial charge in [0.1, 0.15) is 5.75 Å². The van der Waals surface area contributed by atoms with E-state index >= 15 is 0 Å². The van der Waals surface area contributed by atoms with Crippen LogP contribution in [0.25, 0.3) is 0 Å². The van der Waals surface area contributed by atoms with E-state index in [-0.39, 0.29) is 29.7 Å². The second-order valence-corrected chi connectivity index (χ2v) is 10.4. The van der Waals surface area contributed by atoms with Crippen molar-refractivity contribution in [2.75, 3.05) is 32.7 Å². The Labute approximate surface area is 199 Å². The Balaban J connectivity index is 1.58. The first-order valence-electron chi connectivity index (χ1n) is 12.9. The summed E-state index contributed by atoms with van der Waals surface area (Å²) in [5, 5.41) is 15.6. The van der Waals surface area contributed by atoms with Gasteiger partial charge in [-0.3, -0.25) is 9.59 Å². The quantitative estimate of drug-likeness (QED) is 0.526. The van der Waals surface area contributed by atoms with Crippen molar-refractivity contribution >= 4 is 11.8 Å². The normalized spacial score (nSPS) is 25.4. The molecule has 1 heterocycles. The third kappa shape index (κ3) is 6.72. The van der Waals surface area contributed by atoms with Crippen LogP contribution >= 0.6 is 0 Å². The molecular formula is C27H43N3O3. The van der Waals surface area contributed by atoms with Crippen LogP contribution in [0.4, 0.5) is 0 Å². The van der Waals surface area contributed by atoms with Crippen molar-refractivity contribution < 1.29 is 14.7 Å². The van der Waals surface area contributed by atoms with Crippen LogP contribution in [0, 0.1) is 17.8 Å². The summed E-state index contributed by atoms with van der Waals surface area (Å²) in [5.74, 6) is 1.11. The molecule has 2 amide bonds. The van der Waals surface area contributed by atoms with Gasteiger partial charge in [0.2, 0.25) is 11.8 Å². The number of hydrogen-bond donors (Lipinski definition) is 3. The number of likely N-dealkylation sites (N-methyl/N-ethyl adjacent to an activating group) is 1. The second-order valence-electron chi connectivity index (χ2n) is 10.4. The number of hydrogen-bond acceptors (Lipinski definition) is 4. The van der Waals surface area contributed by atoms with E-state index < -0.39 is 0 Å². The molecule has 3 N–H and O–H groups in total. The Morgan fingerprint density at radius 2 is 1.97 bits per heavy atom. The third-order valence-corrected chi connectivity index (χ3v) is 8.18. The van der Waals surface area contributed by atoms with E-state index in [4.69, 9.17) is 0 Å². The summed E-state index contributed by atoms with van der Waals surface area (Å²) in [6.07, 6.45) is 7.79. The van der Waals surface area contributed by atoms with Gasteiger partial charge in [-0.2, -0.15) is 0 Å². The minimum atomic E-state index is -0.121. The number of phenolic OH excluding ortho intramolecular Hbond substituents is 1. The zero-order chi connectivity index (χ0) is 23.8. The van der Waals surface area contributed by atoms with Gasteiger partial charge in [-0.1, -0.05) is 45.2 Å². The van der Waals surface area contributed by atoms with Crippen LogP contribution in [0.5, 0.6) is 5.75 Å². The summed E-state index contributed by atoms with van der Waals surface area (Å²) < 4.78 is 0. The number of carbonyl (C=O) groups is 2. The number of carbonyl (C=O) groups excluding carboxylic acids is 2. The van der Waals surface area contributed by atoms with Gasteiger partial charge in [0.15, 0.2) is 0 Å². The highest BCUT2D eigenvalue weighted by molar-refractivity contribution is 5.85. The zero-order valence-corrected chi connectivity index (χ0v) is 20.7. The fourth-order valence-corrected chi connectivity index (χ4v) is 5.81. The Morgan fingerprint density at radius 3 is 2.64 bits per heavy atom. The van der Waals surface area contributed by atoms with Gasteiger partial charge >= 0.3 is 0 Å². The first kappa shape index (κ1) is 25.5. The topological polar surface area (TPSA) is 81.7 Å². The van der Waals surface area contributed by atoms with Gasteiger partial charge in [-0.15, -0.1) is 0 Å². The lowest BCUT2D eigenvalue weighted by Gasteiger charge is -2.45. The maximum Gasteiger partial charge on any atom is 0.239 e. The molecule has 1 aromatic rings. The summed E-state index contributed by atoms with van der Waals surface area (Å²) in [6.45, 7) is 10.0. The van der Waals surface area contributed by atoms with Crippen molar-refractivity contribution in [3.05, 3.63) is 29.8 Å². The number of nitrogens with one attached hydrogen (secondary N) is 2. The molecule has 1 saturated heterocycles. The first-order valence-corrected chi connectivity index (χ1v) is 12.9. The van der Waals surface area contributed by atoms with E-state index in [0.29, 0.717) is 24.1 Å². The fraction of sp³-hybridized carbons (Fsp3) is 0.704. The lowest BCUT2D eigenvalue weighted by Crippen LogP contribution is -2.48. The molecule has 0 bridgehead atoms. The minimum Gasteiger partial charge on any atom is -0.508 e. The first-order chi connectivity index (χ1) is 15.8. The summed E-state index contributed by atoms with van der Waals surface area (Å²) in [5.41, 5.74) is 1.25. The highest BCUT2D eigenvalue weighted by Gasteiger charge is 2.38. The van der Waals surface area contributed by atoms with E-state index in [1.54, 1.807) is 6.07 Å². The molecule has 0 aromatic heterocycles. The van der Waals surface area contributed by atoms with Crippen molar-refractivity contribution in [1.29, 1.82) is 0 Å². The summed E-state index contributed by atoms with van der Waals surface area (Å²) in [4.78, 5) is 27.4. The molecule has 2 fully saturated rings. The molecule has 6 heteroatoms. The zero-order valence-electron chi connectivity index (χ0n) is 20.7. The van der Waals surface area contributed by atoms with Crippen molar-refractivity contribution in [2.24, 2.45) is 17.8 Å². The predicted molar refractivity (Wildman–Crippen MR) is 132 cm³/mol. The largest absolute Gasteiger partial charge is 0.508 e. The summed E-state index contributed by atoms with van der Waals surface area (Å²) >= 11 is 0. The predicted octanol–water partition coefficient (Wildman–Crippen LogP) is 3.83. The van der Waals surface area contributed by atoms with Crippen molar-refractivity contribution in [1.82, 2.24) is 15.5 Å². The number of aromatic hydroxyl groups is 1. The molecule has 1 aromatic carbocycles. The van der Waals surface area contributed by atoms with Crippen LogP contribution in [0.15, 0.2) is 24.3 Å². The minimum absolute atomic E-state index is 0.0191. The monoisotopic (exact) mass is 457 g/mol. The average Bonchev–Trinajstić information content (AvgIpc) is 2.81. The number of phenols is 1. The summed E-state index contributed by atoms with van der Waals surface area (Å²) in [7, 11) is 0. The number of nitrogens with zero attached hydrogens (tertiary/aromatic N) is 1. The van der Waals surface area contributed by atoms with Crippen molar-refractivity contribution in [3.8, 4) is 5.75 Å². The van der Waals surface area contributed by atoms with E-state index in [9.17, 15) is 14.7 Å². The average molecular weight is 458 g/mol. The molecule has 3 atom stereocenters. The molecule has 184 valence electrons. The maximum absolute atomic E-state index is 13.1. The lowest BCUT2D eigenvalue weighted by atomic mass is 9.68. The van der Waals surface area contributed by atoms with Crippen LogP contribution in [0.2, 0.25) is 0 Å². The SMILES string of the molecule is CCNC(=O)CNC(=O)C(CCN1CCC(C)(c2cccc(O)c2)C(C)C1)C1CCCCC1. The molecule has 1 saturated carbocycles. The smallest absolute Gasteiger partial charge is 0.239 e. The lowest BCUT2D eigenvalue weighted by molar-refractivity contribution is -0.130. The summed E-state index contributed by atoms with van der Waals surface area (Å²) in [6, 6.07) is 7.70. The van der Waals surface area contributed by atoms with Crippen LogP contribution < -0.4 is 10.6 Å². The van der Waals surface area contributed by atoms with E-state index in [1.165, 1.54) is 24.8 Å². The fourth-order valence-electron chi connectivity index (χ4n) is 5.81. The van der Waals surface area contributed by atoms with Gasteiger partial charge in [-0.05, 0) is 80.6 Å². The van der Waals surface area contributed by atoms with Crippen LogP contribution in [-0.4, -0.2) is 54.5 Å². The van der Waals surface area contributed by atoms with Crippen molar-refractivity contribution in [2.45, 2.75) is 71.1 Å². The maximum atomic E-state index is 13.1. The Hall–Kier alpha value is -2.08. The number of benzene rings is 1. The Kier molecular flexibility index (Phi) is 9.19. The molecule has 6 nitrogen and oxygen atoms in total. The number of amides is 2. The molecular weight excluding hydrogens is 414 g/mol. The number of piperidine rings is 1. The molecule has 1 aliphatic heterocycles. The third-order valence-electron chi connectivity index (χ3n) is 8.18.